The number of halogens is 1. The fraction of sp³-hybridized carbons (Fsp3) is 0.467. The summed E-state index contributed by atoms with van der Waals surface area (Å²) in [6.07, 6.45) is 0. The maximum absolute atomic E-state index is 11.7. The maximum Gasteiger partial charge on any atom is 0.243 e. The van der Waals surface area contributed by atoms with E-state index in [1.807, 2.05) is 30.3 Å². The molecule has 1 heterocycles. The summed E-state index contributed by atoms with van der Waals surface area (Å²) in [6.45, 7) is 7.43. The fourth-order valence-electron chi connectivity index (χ4n) is 1.65. The maximum atomic E-state index is 11.7. The van der Waals surface area contributed by atoms with Crippen molar-refractivity contribution in [1.82, 2.24) is 15.1 Å². The van der Waals surface area contributed by atoms with Crippen molar-refractivity contribution in [3.63, 3.8) is 0 Å². The van der Waals surface area contributed by atoms with Crippen LogP contribution in [0.5, 0.6) is 0 Å². The minimum Gasteiger partial charge on any atom is -0.351 e. The van der Waals surface area contributed by atoms with Gasteiger partial charge in [-0.25, -0.2) is 4.99 Å². The van der Waals surface area contributed by atoms with Crippen LogP contribution in [0.15, 0.2) is 34.7 Å². The van der Waals surface area contributed by atoms with Crippen LogP contribution in [0.4, 0.5) is 0 Å². The number of carbonyl (C=O) groups is 1. The molecule has 0 bridgehead atoms. The van der Waals surface area contributed by atoms with Gasteiger partial charge in [0, 0.05) is 32.6 Å². The highest BCUT2D eigenvalue weighted by atomic mass is 127. The molecule has 5 nitrogen and oxygen atoms in total. The molecule has 1 N–H and O–H groups in total. The third kappa shape index (κ3) is 7.79. The molecular formula is C15H25IN4OS. The van der Waals surface area contributed by atoms with E-state index >= 15 is 0 Å². The van der Waals surface area contributed by atoms with Gasteiger partial charge >= 0.3 is 0 Å². The van der Waals surface area contributed by atoms with E-state index in [1.54, 1.807) is 30.3 Å². The van der Waals surface area contributed by atoms with Crippen molar-refractivity contribution >= 4 is 47.2 Å². The topological polar surface area (TPSA) is 47.9 Å². The number of amides is 1. The molecule has 1 amide bonds. The second-order valence-corrected chi connectivity index (χ2v) is 6.21. The molecule has 0 atom stereocenters. The number of thiophene rings is 1. The average Bonchev–Trinajstić information content (AvgIpc) is 2.90. The Labute approximate surface area is 154 Å². The van der Waals surface area contributed by atoms with Crippen LogP contribution < -0.4 is 5.32 Å². The second-order valence-electron chi connectivity index (χ2n) is 5.17. The van der Waals surface area contributed by atoms with Gasteiger partial charge in [-0.2, -0.15) is 0 Å². The van der Waals surface area contributed by atoms with Gasteiger partial charge in [0.1, 0.15) is 6.54 Å². The van der Waals surface area contributed by atoms with Crippen LogP contribution in [-0.4, -0.2) is 55.9 Å². The van der Waals surface area contributed by atoms with Crippen molar-refractivity contribution in [2.45, 2.75) is 13.5 Å². The van der Waals surface area contributed by atoms with Gasteiger partial charge in [-0.05, 0) is 18.4 Å². The predicted molar refractivity (Wildman–Crippen MR) is 105 cm³/mol. The van der Waals surface area contributed by atoms with Crippen molar-refractivity contribution < 1.29 is 4.79 Å². The van der Waals surface area contributed by atoms with Crippen LogP contribution >= 0.6 is 35.3 Å². The van der Waals surface area contributed by atoms with E-state index in [0.717, 1.165) is 5.57 Å². The van der Waals surface area contributed by atoms with Gasteiger partial charge in [0.25, 0.3) is 0 Å². The fourth-order valence-corrected chi connectivity index (χ4v) is 2.30. The lowest BCUT2D eigenvalue weighted by molar-refractivity contribution is -0.127. The first kappa shape index (κ1) is 20.9. The van der Waals surface area contributed by atoms with Gasteiger partial charge in [0.05, 0.1) is 6.54 Å². The van der Waals surface area contributed by atoms with Gasteiger partial charge in [0.2, 0.25) is 5.91 Å². The van der Waals surface area contributed by atoms with Crippen molar-refractivity contribution in [2.75, 3.05) is 34.2 Å². The number of hydrogen-bond acceptors (Lipinski definition) is 3. The molecule has 0 unspecified atom stereocenters. The predicted octanol–water partition coefficient (Wildman–Crippen LogP) is 2.41. The minimum absolute atomic E-state index is 0. The molecule has 0 saturated carbocycles. The largest absolute Gasteiger partial charge is 0.351 e. The van der Waals surface area contributed by atoms with Crippen LogP contribution in [0.25, 0.3) is 0 Å². The molecule has 22 heavy (non-hydrogen) atoms. The molecule has 0 aliphatic carbocycles. The first-order valence-corrected chi connectivity index (χ1v) is 7.64. The molecule has 0 aliphatic rings. The molecule has 0 aliphatic heterocycles. The first-order valence-electron chi connectivity index (χ1n) is 6.76. The van der Waals surface area contributed by atoms with Gasteiger partial charge in [-0.1, -0.05) is 18.2 Å². The summed E-state index contributed by atoms with van der Waals surface area (Å²) in [5.41, 5.74) is 1.04. The van der Waals surface area contributed by atoms with E-state index < -0.39 is 0 Å². The average molecular weight is 436 g/mol. The number of likely N-dealkylation sites (N-methyl/N-ethyl adjacent to an activating group) is 2. The Bertz CT molecular complexity index is 500. The number of aliphatic imine (C=N–C) groups is 1. The molecule has 1 aromatic rings. The Kier molecular flexibility index (Phi) is 10.1. The minimum atomic E-state index is -0.0193. The summed E-state index contributed by atoms with van der Waals surface area (Å²) in [4.78, 5) is 20.8. The van der Waals surface area contributed by atoms with E-state index in [-0.39, 0.29) is 36.4 Å². The smallest absolute Gasteiger partial charge is 0.243 e. The molecule has 1 rings (SSSR count). The van der Waals surface area contributed by atoms with Crippen LogP contribution in [-0.2, 0) is 11.3 Å². The summed E-state index contributed by atoms with van der Waals surface area (Å²) in [6, 6.07) is 4.09. The highest BCUT2D eigenvalue weighted by molar-refractivity contribution is 14.0. The highest BCUT2D eigenvalue weighted by Crippen LogP contribution is 2.07. The third-order valence-electron chi connectivity index (χ3n) is 2.73. The summed E-state index contributed by atoms with van der Waals surface area (Å²) in [5.74, 6) is 0.691. The van der Waals surface area contributed by atoms with Crippen molar-refractivity contribution in [1.29, 1.82) is 0 Å². The zero-order chi connectivity index (χ0) is 15.8. The van der Waals surface area contributed by atoms with E-state index in [1.165, 1.54) is 4.88 Å². The standard InChI is InChI=1S/C15H24N4OS.HI/c1-12(2)11-19(5)15(17-10-14(20)18(3)4)16-9-13-7-6-8-21-13;/h6-8H,1,9-11H2,2-5H3,(H,16,17);1H. The lowest BCUT2D eigenvalue weighted by Gasteiger charge is -2.22. The van der Waals surface area contributed by atoms with Crippen LogP contribution in [0.3, 0.4) is 0 Å². The first-order chi connectivity index (χ1) is 9.90. The molecule has 0 saturated heterocycles. The van der Waals surface area contributed by atoms with E-state index in [2.05, 4.69) is 23.0 Å². The SMILES string of the molecule is C=C(C)CN(C)C(=NCC(=O)N(C)C)NCc1cccs1.I. The number of nitrogens with one attached hydrogen (secondary N) is 1. The van der Waals surface area contributed by atoms with Gasteiger partial charge in [0.15, 0.2) is 5.96 Å². The molecule has 0 radical (unpaired) electrons. The summed E-state index contributed by atoms with van der Waals surface area (Å²) < 4.78 is 0. The lowest BCUT2D eigenvalue weighted by Crippen LogP contribution is -2.40. The van der Waals surface area contributed by atoms with Crippen molar-refractivity contribution in [3.8, 4) is 0 Å². The number of guanidine groups is 1. The molecule has 124 valence electrons. The van der Waals surface area contributed by atoms with E-state index in [0.29, 0.717) is 19.0 Å². The summed E-state index contributed by atoms with van der Waals surface area (Å²) >= 11 is 1.69. The van der Waals surface area contributed by atoms with Gasteiger partial charge < -0.3 is 15.1 Å². The zero-order valence-corrected chi connectivity index (χ0v) is 16.8. The van der Waals surface area contributed by atoms with Crippen LogP contribution in [0, 0.1) is 0 Å². The van der Waals surface area contributed by atoms with Crippen molar-refractivity contribution in [3.05, 3.63) is 34.5 Å². The Morgan fingerprint density at radius 3 is 2.59 bits per heavy atom. The Morgan fingerprint density at radius 1 is 1.41 bits per heavy atom. The lowest BCUT2D eigenvalue weighted by atomic mass is 10.3. The Balaban J connectivity index is 0.00000441. The number of carbonyl (C=O) groups excluding carboxylic acids is 1. The molecule has 1 aromatic heterocycles. The summed E-state index contributed by atoms with van der Waals surface area (Å²) in [7, 11) is 5.40. The van der Waals surface area contributed by atoms with Crippen molar-refractivity contribution in [2.24, 2.45) is 4.99 Å². The molecule has 7 heteroatoms. The van der Waals surface area contributed by atoms with Crippen LogP contribution in [0.1, 0.15) is 11.8 Å². The Morgan fingerprint density at radius 2 is 2.09 bits per heavy atom. The molecule has 0 spiro atoms. The molecule has 0 fully saturated rings. The monoisotopic (exact) mass is 436 g/mol. The zero-order valence-electron chi connectivity index (χ0n) is 13.6. The third-order valence-corrected chi connectivity index (χ3v) is 3.61. The quantitative estimate of drug-likeness (QED) is 0.323. The summed E-state index contributed by atoms with van der Waals surface area (Å²) in [5, 5.41) is 5.34. The van der Waals surface area contributed by atoms with E-state index in [4.69, 9.17) is 0 Å². The van der Waals surface area contributed by atoms with E-state index in [9.17, 15) is 4.79 Å². The normalized spacial score (nSPS) is 10.6. The number of nitrogens with zero attached hydrogens (tertiary/aromatic N) is 3. The molecular weight excluding hydrogens is 411 g/mol. The molecule has 0 aromatic carbocycles. The van der Waals surface area contributed by atoms with Crippen LogP contribution in [0.2, 0.25) is 0 Å². The highest BCUT2D eigenvalue weighted by Gasteiger charge is 2.09. The number of hydrogen-bond donors (Lipinski definition) is 1. The number of rotatable bonds is 6. The van der Waals surface area contributed by atoms with Gasteiger partial charge in [-0.15, -0.1) is 35.3 Å². The Hall–Kier alpha value is -1.09. The second kappa shape index (κ2) is 10.6. The van der Waals surface area contributed by atoms with Gasteiger partial charge in [-0.3, -0.25) is 4.79 Å².